The number of ether oxygens (including phenoxy) is 2. The van der Waals surface area contributed by atoms with Gasteiger partial charge in [-0.1, -0.05) is 115 Å². The van der Waals surface area contributed by atoms with Crippen molar-refractivity contribution in [3.63, 3.8) is 0 Å². The SMILES string of the molecule is C=CCCCCCCCCCCCCOC(=O)CCC(=O)OCCCCCCCCCCCCC=C. The van der Waals surface area contributed by atoms with Crippen molar-refractivity contribution in [2.24, 2.45) is 0 Å². The largest absolute Gasteiger partial charge is 0.466 e. The lowest BCUT2D eigenvalue weighted by Gasteiger charge is -2.06. The summed E-state index contributed by atoms with van der Waals surface area (Å²) >= 11 is 0. The van der Waals surface area contributed by atoms with Gasteiger partial charge in [-0.05, 0) is 38.5 Å². The Balaban J connectivity index is 3.29. The molecule has 0 spiro atoms. The van der Waals surface area contributed by atoms with Crippen LogP contribution < -0.4 is 0 Å². The Morgan fingerprint density at radius 2 is 0.667 bits per heavy atom. The van der Waals surface area contributed by atoms with E-state index in [2.05, 4.69) is 13.2 Å². The first-order valence-electron chi connectivity index (χ1n) is 15.2. The van der Waals surface area contributed by atoms with Crippen LogP contribution in [0.15, 0.2) is 25.3 Å². The molecule has 0 heterocycles. The number of esters is 2. The van der Waals surface area contributed by atoms with Gasteiger partial charge in [-0.25, -0.2) is 0 Å². The normalized spacial score (nSPS) is 10.8. The van der Waals surface area contributed by atoms with E-state index >= 15 is 0 Å². The second-order valence-corrected chi connectivity index (χ2v) is 10.2. The molecule has 0 atom stereocenters. The molecule has 4 heteroatoms. The molecule has 0 aliphatic heterocycles. The number of hydrogen-bond donors (Lipinski definition) is 0. The molecule has 0 unspecified atom stereocenters. The molecule has 0 aromatic carbocycles. The van der Waals surface area contributed by atoms with Crippen LogP contribution in [0.25, 0.3) is 0 Å². The van der Waals surface area contributed by atoms with Gasteiger partial charge >= 0.3 is 11.9 Å². The summed E-state index contributed by atoms with van der Waals surface area (Å²) in [5, 5.41) is 0. The second kappa shape index (κ2) is 29.6. The molecule has 0 aliphatic rings. The van der Waals surface area contributed by atoms with Crippen LogP contribution in [0.3, 0.4) is 0 Å². The van der Waals surface area contributed by atoms with Crippen LogP contribution in [0.5, 0.6) is 0 Å². The highest BCUT2D eigenvalue weighted by molar-refractivity contribution is 5.77. The summed E-state index contributed by atoms with van der Waals surface area (Å²) in [7, 11) is 0. The average molecular weight is 507 g/mol. The molecule has 0 saturated carbocycles. The Morgan fingerprint density at radius 1 is 0.417 bits per heavy atom. The molecule has 0 saturated heterocycles. The van der Waals surface area contributed by atoms with Gasteiger partial charge < -0.3 is 9.47 Å². The molecule has 0 bridgehead atoms. The predicted molar refractivity (Wildman–Crippen MR) is 153 cm³/mol. The molecule has 0 N–H and O–H groups in total. The highest BCUT2D eigenvalue weighted by Gasteiger charge is 2.09. The summed E-state index contributed by atoms with van der Waals surface area (Å²) in [5.74, 6) is -0.576. The van der Waals surface area contributed by atoms with Gasteiger partial charge in [-0.15, -0.1) is 13.2 Å². The van der Waals surface area contributed by atoms with E-state index in [-0.39, 0.29) is 24.8 Å². The predicted octanol–water partition coefficient (Wildman–Crippen LogP) is 9.81. The number of unbranched alkanes of at least 4 members (excludes halogenated alkanes) is 20. The highest BCUT2D eigenvalue weighted by atomic mass is 16.5. The number of rotatable bonds is 29. The highest BCUT2D eigenvalue weighted by Crippen LogP contribution is 2.13. The van der Waals surface area contributed by atoms with E-state index in [1.54, 1.807) is 0 Å². The standard InChI is InChI=1S/C32H58O4/c1-3-5-7-9-11-13-15-17-19-21-23-25-29-35-31(33)27-28-32(34)36-30-26-24-22-20-18-16-14-12-10-8-6-4-2/h3-4H,1-2,5-30H2. The van der Waals surface area contributed by atoms with Crippen molar-refractivity contribution in [1.82, 2.24) is 0 Å². The van der Waals surface area contributed by atoms with Gasteiger partial charge in [0.2, 0.25) is 0 Å². The third-order valence-corrected chi connectivity index (χ3v) is 6.66. The summed E-state index contributed by atoms with van der Waals surface area (Å²) in [6, 6.07) is 0. The Morgan fingerprint density at radius 3 is 0.944 bits per heavy atom. The van der Waals surface area contributed by atoms with Crippen molar-refractivity contribution < 1.29 is 19.1 Å². The molecule has 0 amide bonds. The van der Waals surface area contributed by atoms with Crippen molar-refractivity contribution >= 4 is 11.9 Å². The number of hydrogen-bond acceptors (Lipinski definition) is 4. The lowest BCUT2D eigenvalue weighted by atomic mass is 10.1. The summed E-state index contributed by atoms with van der Waals surface area (Å²) in [4.78, 5) is 23.6. The summed E-state index contributed by atoms with van der Waals surface area (Å²) in [6.45, 7) is 8.45. The number of carbonyl (C=O) groups excluding carboxylic acids is 2. The van der Waals surface area contributed by atoms with Crippen LogP contribution in [0, 0.1) is 0 Å². The van der Waals surface area contributed by atoms with Gasteiger partial charge in [0.1, 0.15) is 0 Å². The van der Waals surface area contributed by atoms with Crippen molar-refractivity contribution in [1.29, 1.82) is 0 Å². The zero-order chi connectivity index (χ0) is 26.4. The molecular weight excluding hydrogens is 448 g/mol. The Labute approximate surface area is 223 Å². The number of allylic oxidation sites excluding steroid dienone is 2. The van der Waals surface area contributed by atoms with Crippen molar-refractivity contribution in [2.75, 3.05) is 13.2 Å². The van der Waals surface area contributed by atoms with E-state index in [0.29, 0.717) is 13.2 Å². The fourth-order valence-electron chi connectivity index (χ4n) is 4.33. The lowest BCUT2D eigenvalue weighted by Crippen LogP contribution is -2.11. The third-order valence-electron chi connectivity index (χ3n) is 6.66. The van der Waals surface area contributed by atoms with Gasteiger partial charge in [0.05, 0.1) is 26.1 Å². The summed E-state index contributed by atoms with van der Waals surface area (Å²) in [6.07, 6.45) is 31.4. The molecule has 0 fully saturated rings. The van der Waals surface area contributed by atoms with E-state index in [4.69, 9.17) is 9.47 Å². The first kappa shape index (κ1) is 34.4. The molecule has 36 heavy (non-hydrogen) atoms. The van der Waals surface area contributed by atoms with Crippen LogP contribution in [-0.2, 0) is 19.1 Å². The van der Waals surface area contributed by atoms with E-state index in [0.717, 1.165) is 38.5 Å². The molecule has 4 nitrogen and oxygen atoms in total. The van der Waals surface area contributed by atoms with Gasteiger partial charge in [-0.2, -0.15) is 0 Å². The van der Waals surface area contributed by atoms with Crippen LogP contribution >= 0.6 is 0 Å². The van der Waals surface area contributed by atoms with Gasteiger partial charge in [0.25, 0.3) is 0 Å². The topological polar surface area (TPSA) is 52.6 Å². The summed E-state index contributed by atoms with van der Waals surface area (Å²) < 4.78 is 10.5. The second-order valence-electron chi connectivity index (χ2n) is 10.2. The minimum atomic E-state index is -0.288. The average Bonchev–Trinajstić information content (AvgIpc) is 2.88. The minimum Gasteiger partial charge on any atom is -0.466 e. The Kier molecular flexibility index (Phi) is 28.3. The molecule has 0 aromatic rings. The molecule has 0 radical (unpaired) electrons. The Hall–Kier alpha value is -1.58. The molecular formula is C32H58O4. The van der Waals surface area contributed by atoms with E-state index in [1.165, 1.54) is 103 Å². The first-order chi connectivity index (χ1) is 17.7. The maximum atomic E-state index is 11.8. The molecule has 210 valence electrons. The maximum absolute atomic E-state index is 11.8. The van der Waals surface area contributed by atoms with Crippen LogP contribution in [0.1, 0.15) is 154 Å². The van der Waals surface area contributed by atoms with Gasteiger partial charge in [-0.3, -0.25) is 9.59 Å². The van der Waals surface area contributed by atoms with E-state index in [1.807, 2.05) is 12.2 Å². The summed E-state index contributed by atoms with van der Waals surface area (Å²) in [5.41, 5.74) is 0. The zero-order valence-electron chi connectivity index (χ0n) is 23.6. The minimum absolute atomic E-state index is 0.124. The van der Waals surface area contributed by atoms with E-state index in [9.17, 15) is 9.59 Å². The quantitative estimate of drug-likeness (QED) is 0.0575. The zero-order valence-corrected chi connectivity index (χ0v) is 23.6. The maximum Gasteiger partial charge on any atom is 0.306 e. The fourth-order valence-corrected chi connectivity index (χ4v) is 4.33. The third kappa shape index (κ3) is 28.7. The smallest absolute Gasteiger partial charge is 0.306 e. The first-order valence-corrected chi connectivity index (χ1v) is 15.2. The molecule has 0 rings (SSSR count). The van der Waals surface area contributed by atoms with Crippen LogP contribution in [-0.4, -0.2) is 25.2 Å². The Bertz CT molecular complexity index is 468. The molecule has 0 aliphatic carbocycles. The van der Waals surface area contributed by atoms with Gasteiger partial charge in [0.15, 0.2) is 0 Å². The van der Waals surface area contributed by atoms with Crippen molar-refractivity contribution in [2.45, 2.75) is 154 Å². The van der Waals surface area contributed by atoms with Crippen molar-refractivity contribution in [3.05, 3.63) is 25.3 Å². The van der Waals surface area contributed by atoms with Crippen molar-refractivity contribution in [3.8, 4) is 0 Å². The van der Waals surface area contributed by atoms with Gasteiger partial charge in [0, 0.05) is 0 Å². The monoisotopic (exact) mass is 506 g/mol. The lowest BCUT2D eigenvalue weighted by molar-refractivity contribution is -0.150. The van der Waals surface area contributed by atoms with E-state index < -0.39 is 0 Å². The number of carbonyl (C=O) groups is 2. The fraction of sp³-hybridized carbons (Fsp3) is 0.812. The van der Waals surface area contributed by atoms with Crippen LogP contribution in [0.2, 0.25) is 0 Å². The molecule has 0 aromatic heterocycles. The van der Waals surface area contributed by atoms with Crippen LogP contribution in [0.4, 0.5) is 0 Å².